The second-order valence-electron chi connectivity index (χ2n) is 4.52. The number of carbonyl (C=O) groups is 1. The van der Waals surface area contributed by atoms with E-state index in [1.54, 1.807) is 0 Å². The summed E-state index contributed by atoms with van der Waals surface area (Å²) in [5, 5.41) is 0. The van der Waals surface area contributed by atoms with Crippen molar-refractivity contribution in [1.82, 2.24) is 4.90 Å². The molecule has 0 spiro atoms. The summed E-state index contributed by atoms with van der Waals surface area (Å²) < 4.78 is 0. The molecule has 0 bridgehead atoms. The molecular formula is C15H13NO. The van der Waals surface area contributed by atoms with Gasteiger partial charge in [0.2, 0.25) is 5.78 Å². The fourth-order valence-electron chi connectivity index (χ4n) is 2.37. The first-order valence-electron chi connectivity index (χ1n) is 5.90. The molecule has 1 aromatic carbocycles. The number of nitrogens with zero attached hydrogens (tertiary/aromatic N) is 1. The molecule has 1 aromatic rings. The molecule has 2 aliphatic heterocycles. The highest BCUT2D eigenvalue weighted by Crippen LogP contribution is 2.33. The van der Waals surface area contributed by atoms with E-state index in [2.05, 4.69) is 23.3 Å². The van der Waals surface area contributed by atoms with Crippen LogP contribution in [0.1, 0.15) is 23.7 Å². The van der Waals surface area contributed by atoms with E-state index in [9.17, 15) is 4.79 Å². The van der Waals surface area contributed by atoms with Gasteiger partial charge in [0.15, 0.2) is 0 Å². The summed E-state index contributed by atoms with van der Waals surface area (Å²) in [4.78, 5) is 14.4. The van der Waals surface area contributed by atoms with E-state index in [4.69, 9.17) is 0 Å². The van der Waals surface area contributed by atoms with Crippen molar-refractivity contribution in [2.45, 2.75) is 13.3 Å². The van der Waals surface area contributed by atoms with Crippen LogP contribution in [0.25, 0.3) is 0 Å². The van der Waals surface area contributed by atoms with Crippen LogP contribution in [0.3, 0.4) is 0 Å². The molecule has 2 heteroatoms. The lowest BCUT2D eigenvalue weighted by Gasteiger charge is -2.17. The van der Waals surface area contributed by atoms with Crippen molar-refractivity contribution in [1.29, 1.82) is 0 Å². The largest absolute Gasteiger partial charge is 0.328 e. The van der Waals surface area contributed by atoms with Gasteiger partial charge in [-0.1, -0.05) is 37.3 Å². The van der Waals surface area contributed by atoms with Crippen molar-refractivity contribution in [2.24, 2.45) is 5.92 Å². The van der Waals surface area contributed by atoms with Gasteiger partial charge in [-0.3, -0.25) is 4.79 Å². The van der Waals surface area contributed by atoms with Crippen LogP contribution in [0.5, 0.6) is 0 Å². The molecule has 0 saturated carbocycles. The second-order valence-corrected chi connectivity index (χ2v) is 4.52. The van der Waals surface area contributed by atoms with Crippen molar-refractivity contribution in [3.8, 4) is 0 Å². The first kappa shape index (κ1) is 10.2. The summed E-state index contributed by atoms with van der Waals surface area (Å²) in [6.45, 7) is 3.07. The van der Waals surface area contributed by atoms with Crippen LogP contribution in [0, 0.1) is 5.92 Å². The third-order valence-corrected chi connectivity index (χ3v) is 3.37. The highest BCUT2D eigenvalue weighted by atomic mass is 16.1. The molecule has 0 aromatic heterocycles. The molecule has 0 radical (unpaired) electrons. The standard InChI is InChI=1S/C15H13NO/c1-11-9-10-16-13(11)7-8-14(16)15(17)12-5-3-2-4-6-12/h2-6,11H,9-10H2,1H3. The van der Waals surface area contributed by atoms with Crippen LogP contribution in [0.4, 0.5) is 0 Å². The molecule has 2 heterocycles. The molecule has 3 rings (SSSR count). The minimum Gasteiger partial charge on any atom is -0.328 e. The number of ketones is 1. The topological polar surface area (TPSA) is 20.3 Å². The molecule has 1 fully saturated rings. The van der Waals surface area contributed by atoms with Crippen LogP contribution in [0.15, 0.2) is 53.2 Å². The van der Waals surface area contributed by atoms with Crippen LogP contribution in [-0.4, -0.2) is 17.2 Å². The maximum Gasteiger partial charge on any atom is 0.218 e. The highest BCUT2D eigenvalue weighted by molar-refractivity contribution is 6.08. The highest BCUT2D eigenvalue weighted by Gasteiger charge is 2.32. The molecule has 17 heavy (non-hydrogen) atoms. The van der Waals surface area contributed by atoms with E-state index in [0.717, 1.165) is 24.2 Å². The van der Waals surface area contributed by atoms with Crippen LogP contribution >= 0.6 is 0 Å². The summed E-state index contributed by atoms with van der Waals surface area (Å²) >= 11 is 0. The number of benzene rings is 1. The Kier molecular flexibility index (Phi) is 2.26. The fraction of sp³-hybridized carbons (Fsp3) is 0.267. The van der Waals surface area contributed by atoms with Crippen LogP contribution < -0.4 is 0 Å². The van der Waals surface area contributed by atoms with E-state index in [1.165, 1.54) is 0 Å². The number of carbonyl (C=O) groups excluding carboxylic acids is 1. The van der Waals surface area contributed by atoms with Gasteiger partial charge in [0, 0.05) is 18.0 Å². The van der Waals surface area contributed by atoms with Crippen molar-refractivity contribution >= 4 is 5.78 Å². The summed E-state index contributed by atoms with van der Waals surface area (Å²) in [6, 6.07) is 9.36. The Morgan fingerprint density at radius 2 is 2.06 bits per heavy atom. The average molecular weight is 223 g/mol. The number of hydrogen-bond acceptors (Lipinski definition) is 2. The molecule has 0 amide bonds. The maximum atomic E-state index is 12.3. The quantitative estimate of drug-likeness (QED) is 0.567. The zero-order valence-corrected chi connectivity index (χ0v) is 9.73. The second kappa shape index (κ2) is 3.78. The third kappa shape index (κ3) is 1.55. The predicted octanol–water partition coefficient (Wildman–Crippen LogP) is 2.75. The van der Waals surface area contributed by atoms with Crippen molar-refractivity contribution in [3.63, 3.8) is 0 Å². The summed E-state index contributed by atoms with van der Waals surface area (Å²) in [5.74, 6) is 0.533. The lowest BCUT2D eigenvalue weighted by atomic mass is 10.1. The molecule has 2 nitrogen and oxygen atoms in total. The zero-order valence-electron chi connectivity index (χ0n) is 9.73. The zero-order chi connectivity index (χ0) is 11.8. The van der Waals surface area contributed by atoms with E-state index < -0.39 is 0 Å². The molecular weight excluding hydrogens is 210 g/mol. The fourth-order valence-corrected chi connectivity index (χ4v) is 2.37. The van der Waals surface area contributed by atoms with Gasteiger partial charge in [-0.25, -0.2) is 0 Å². The summed E-state index contributed by atoms with van der Waals surface area (Å²) in [5.41, 5.74) is 8.58. The predicted molar refractivity (Wildman–Crippen MR) is 65.3 cm³/mol. The van der Waals surface area contributed by atoms with Gasteiger partial charge < -0.3 is 4.90 Å². The number of allylic oxidation sites excluding steroid dienone is 2. The Morgan fingerprint density at radius 1 is 1.29 bits per heavy atom. The SMILES string of the molecule is CC1CCN2C(C(=O)c3ccccc3)=C=C=C12. The van der Waals surface area contributed by atoms with Gasteiger partial charge in [0.05, 0.1) is 5.70 Å². The Hall–Kier alpha value is -2.01. The Bertz CT molecular complexity index is 572. The first-order chi connectivity index (χ1) is 8.27. The lowest BCUT2D eigenvalue weighted by Crippen LogP contribution is -2.21. The van der Waals surface area contributed by atoms with Crippen molar-refractivity contribution in [3.05, 3.63) is 58.8 Å². The van der Waals surface area contributed by atoms with Crippen LogP contribution in [0.2, 0.25) is 0 Å². The van der Waals surface area contributed by atoms with E-state index in [0.29, 0.717) is 11.6 Å². The normalized spacial score (nSPS) is 21.2. The molecule has 84 valence electrons. The number of hydrogen-bond donors (Lipinski definition) is 0. The van der Waals surface area contributed by atoms with Crippen molar-refractivity contribution in [2.75, 3.05) is 6.54 Å². The number of Topliss-reactive ketones (excluding diaryl/α,β-unsaturated/α-hetero) is 1. The van der Waals surface area contributed by atoms with E-state index in [1.807, 2.05) is 30.3 Å². The van der Waals surface area contributed by atoms with Crippen molar-refractivity contribution < 1.29 is 4.79 Å². The van der Waals surface area contributed by atoms with Gasteiger partial charge in [0.1, 0.15) is 5.70 Å². The molecule has 0 aliphatic carbocycles. The minimum absolute atomic E-state index is 0.0437. The number of rotatable bonds is 2. The van der Waals surface area contributed by atoms with Gasteiger partial charge in [-0.15, -0.1) is 0 Å². The average Bonchev–Trinajstić information content (AvgIpc) is 2.93. The number of fused-ring (bicyclic) bond motifs is 1. The van der Waals surface area contributed by atoms with Gasteiger partial charge in [-0.05, 0) is 17.9 Å². The molecule has 1 saturated heterocycles. The Morgan fingerprint density at radius 3 is 2.82 bits per heavy atom. The molecule has 1 unspecified atom stereocenters. The maximum absolute atomic E-state index is 12.3. The monoisotopic (exact) mass is 223 g/mol. The molecule has 1 atom stereocenters. The van der Waals surface area contributed by atoms with Gasteiger partial charge in [0.25, 0.3) is 0 Å². The Labute approximate surface area is 101 Å². The van der Waals surface area contributed by atoms with Crippen LogP contribution in [-0.2, 0) is 0 Å². The van der Waals surface area contributed by atoms with E-state index in [-0.39, 0.29) is 5.78 Å². The van der Waals surface area contributed by atoms with Gasteiger partial charge >= 0.3 is 0 Å². The van der Waals surface area contributed by atoms with E-state index >= 15 is 0 Å². The lowest BCUT2D eigenvalue weighted by molar-refractivity contribution is 0.100. The first-order valence-corrected chi connectivity index (χ1v) is 5.90. The van der Waals surface area contributed by atoms with Gasteiger partial charge in [-0.2, -0.15) is 0 Å². The third-order valence-electron chi connectivity index (χ3n) is 3.37. The minimum atomic E-state index is 0.0437. The molecule has 0 N–H and O–H groups in total. The smallest absolute Gasteiger partial charge is 0.218 e. The molecule has 2 aliphatic rings. The summed E-state index contributed by atoms with van der Waals surface area (Å²) in [6.07, 6.45) is 1.09. The Balaban J connectivity index is 1.97. The summed E-state index contributed by atoms with van der Waals surface area (Å²) in [7, 11) is 0.